The van der Waals surface area contributed by atoms with Crippen LogP contribution in [0, 0.1) is 26.2 Å². The second-order valence-corrected chi connectivity index (χ2v) is 10.9. The number of pyridine rings is 3. The molecule has 3 heterocycles. The first-order valence-electron chi connectivity index (χ1n) is 12.3. The van der Waals surface area contributed by atoms with Crippen molar-refractivity contribution in [2.24, 2.45) is 5.41 Å². The highest BCUT2D eigenvalue weighted by atomic mass is 19.4. The van der Waals surface area contributed by atoms with Crippen molar-refractivity contribution in [2.75, 3.05) is 0 Å². The Kier molecular flexibility index (Phi) is 5.00. The van der Waals surface area contributed by atoms with Gasteiger partial charge in [0.15, 0.2) is 5.65 Å². The van der Waals surface area contributed by atoms with Gasteiger partial charge in [0.1, 0.15) is 0 Å². The largest absolute Gasteiger partial charge is 0.394 e. The second kappa shape index (κ2) is 7.85. The van der Waals surface area contributed by atoms with Crippen LogP contribution in [0.4, 0.5) is 13.2 Å². The van der Waals surface area contributed by atoms with Gasteiger partial charge in [0.05, 0.1) is 16.6 Å². The van der Waals surface area contributed by atoms with Crippen molar-refractivity contribution in [1.82, 2.24) is 15.0 Å². The third kappa shape index (κ3) is 3.78. The molecular formula is C31H26F3N3. The minimum atomic E-state index is -4.34. The first-order valence-corrected chi connectivity index (χ1v) is 12.3. The SMILES string of the molecule is Cc1cc(C)cc(-c2cc3c4cc(CC(C)(C)C(F)(F)F)nc5cccc(c6cc(C)nc(n2)c63)c54)c1. The maximum Gasteiger partial charge on any atom is 0.394 e. The zero-order valence-corrected chi connectivity index (χ0v) is 21.4. The number of hydrogen-bond acceptors (Lipinski definition) is 3. The van der Waals surface area contributed by atoms with Gasteiger partial charge in [0, 0.05) is 34.1 Å². The number of hydrogen-bond donors (Lipinski definition) is 0. The maximum absolute atomic E-state index is 13.8. The summed E-state index contributed by atoms with van der Waals surface area (Å²) in [7, 11) is 0. The summed E-state index contributed by atoms with van der Waals surface area (Å²) >= 11 is 0. The summed E-state index contributed by atoms with van der Waals surface area (Å²) < 4.78 is 41.3. The molecule has 0 N–H and O–H groups in total. The van der Waals surface area contributed by atoms with Crippen LogP contribution < -0.4 is 0 Å². The number of nitrogens with zero attached hydrogens (tertiary/aromatic N) is 3. The van der Waals surface area contributed by atoms with Crippen molar-refractivity contribution in [3.05, 3.63) is 77.1 Å². The van der Waals surface area contributed by atoms with E-state index in [-0.39, 0.29) is 6.42 Å². The van der Waals surface area contributed by atoms with E-state index in [1.165, 1.54) is 13.8 Å². The van der Waals surface area contributed by atoms with E-state index in [4.69, 9.17) is 15.0 Å². The second-order valence-electron chi connectivity index (χ2n) is 10.9. The fourth-order valence-corrected chi connectivity index (χ4v) is 5.48. The van der Waals surface area contributed by atoms with Crippen LogP contribution in [-0.4, -0.2) is 21.1 Å². The molecule has 0 atom stereocenters. The zero-order valence-electron chi connectivity index (χ0n) is 21.4. The van der Waals surface area contributed by atoms with Crippen molar-refractivity contribution >= 4 is 43.5 Å². The zero-order chi connectivity index (χ0) is 26.3. The molecule has 0 aliphatic carbocycles. The van der Waals surface area contributed by atoms with Crippen LogP contribution in [0.15, 0.2) is 54.6 Å². The van der Waals surface area contributed by atoms with Crippen LogP contribution in [0.5, 0.6) is 0 Å². The predicted octanol–water partition coefficient (Wildman–Crippen LogP) is 8.65. The van der Waals surface area contributed by atoms with Crippen molar-refractivity contribution in [1.29, 1.82) is 0 Å². The molecule has 3 nitrogen and oxygen atoms in total. The lowest BCUT2D eigenvalue weighted by atomic mass is 9.85. The highest BCUT2D eigenvalue weighted by molar-refractivity contribution is 6.32. The van der Waals surface area contributed by atoms with E-state index in [2.05, 4.69) is 44.2 Å². The summed E-state index contributed by atoms with van der Waals surface area (Å²) in [5.74, 6) is 0. The van der Waals surface area contributed by atoms with Gasteiger partial charge in [-0.1, -0.05) is 43.2 Å². The summed E-state index contributed by atoms with van der Waals surface area (Å²) in [5, 5.41) is 5.72. The number of aromatic nitrogens is 3. The van der Waals surface area contributed by atoms with Gasteiger partial charge in [0.2, 0.25) is 0 Å². The van der Waals surface area contributed by atoms with E-state index < -0.39 is 11.6 Å². The lowest BCUT2D eigenvalue weighted by Gasteiger charge is -2.27. The first kappa shape index (κ1) is 23.6. The molecule has 0 bridgehead atoms. The molecule has 6 rings (SSSR count). The number of halogens is 3. The van der Waals surface area contributed by atoms with Crippen LogP contribution in [0.25, 0.3) is 54.7 Å². The lowest BCUT2D eigenvalue weighted by molar-refractivity contribution is -0.211. The van der Waals surface area contributed by atoms with Gasteiger partial charge >= 0.3 is 6.18 Å². The third-order valence-electron chi connectivity index (χ3n) is 7.28. The van der Waals surface area contributed by atoms with Crippen molar-refractivity contribution < 1.29 is 13.2 Å². The van der Waals surface area contributed by atoms with Gasteiger partial charge in [-0.05, 0) is 78.7 Å². The summed E-state index contributed by atoms with van der Waals surface area (Å²) in [6.45, 7) is 8.52. The van der Waals surface area contributed by atoms with E-state index in [1.807, 2.05) is 31.2 Å². The average molecular weight is 498 g/mol. The van der Waals surface area contributed by atoms with E-state index >= 15 is 0 Å². The molecule has 6 heteroatoms. The minimum Gasteiger partial charge on any atom is -0.253 e. The molecule has 3 aromatic carbocycles. The quantitative estimate of drug-likeness (QED) is 0.181. The molecule has 0 aliphatic heterocycles. The Balaban J connectivity index is 1.75. The third-order valence-corrected chi connectivity index (χ3v) is 7.28. The van der Waals surface area contributed by atoms with Crippen LogP contribution in [0.1, 0.15) is 36.4 Å². The van der Waals surface area contributed by atoms with Crippen molar-refractivity contribution in [3.8, 4) is 11.3 Å². The summed E-state index contributed by atoms with van der Waals surface area (Å²) in [5.41, 5.74) is 4.76. The Morgan fingerprint density at radius 2 is 1.38 bits per heavy atom. The molecule has 6 aromatic rings. The molecule has 0 unspecified atom stereocenters. The van der Waals surface area contributed by atoms with Gasteiger partial charge in [-0.15, -0.1) is 0 Å². The normalized spacial score (nSPS) is 13.0. The summed E-state index contributed by atoms with van der Waals surface area (Å²) in [6.07, 6.45) is -4.54. The Morgan fingerprint density at radius 3 is 2.08 bits per heavy atom. The molecule has 186 valence electrons. The highest BCUT2D eigenvalue weighted by Crippen LogP contribution is 2.43. The lowest BCUT2D eigenvalue weighted by Crippen LogP contribution is -2.34. The van der Waals surface area contributed by atoms with Gasteiger partial charge in [-0.2, -0.15) is 13.2 Å². The molecule has 0 amide bonds. The van der Waals surface area contributed by atoms with Crippen LogP contribution >= 0.6 is 0 Å². The van der Waals surface area contributed by atoms with E-state index in [0.29, 0.717) is 16.9 Å². The van der Waals surface area contributed by atoms with Crippen molar-refractivity contribution in [2.45, 2.75) is 47.2 Å². The Labute approximate surface area is 212 Å². The monoisotopic (exact) mass is 497 g/mol. The maximum atomic E-state index is 13.8. The number of aryl methyl sites for hydroxylation is 3. The Bertz CT molecular complexity index is 1830. The van der Waals surface area contributed by atoms with Gasteiger partial charge < -0.3 is 0 Å². The number of fused-ring (bicyclic) bond motifs is 2. The standard InChI is InChI=1S/C31H26F3N3/c1-16-9-17(2)11-19(10-16)26-14-24-23-13-20(15-30(4,5)31(32,33)34)36-25-8-6-7-21(27(23)25)22-12-18(3)35-29(37-26)28(22)24/h6-14H,15H2,1-5H3. The smallest absolute Gasteiger partial charge is 0.253 e. The Morgan fingerprint density at radius 1 is 0.703 bits per heavy atom. The first-order chi connectivity index (χ1) is 17.4. The molecule has 0 saturated carbocycles. The van der Waals surface area contributed by atoms with Gasteiger partial charge in [-0.3, -0.25) is 4.98 Å². The van der Waals surface area contributed by atoms with Crippen LogP contribution in [0.3, 0.4) is 0 Å². The number of benzene rings is 3. The number of alkyl halides is 3. The minimum absolute atomic E-state index is 0.208. The summed E-state index contributed by atoms with van der Waals surface area (Å²) in [4.78, 5) is 14.5. The molecule has 0 spiro atoms. The molecule has 37 heavy (non-hydrogen) atoms. The highest BCUT2D eigenvalue weighted by Gasteiger charge is 2.47. The average Bonchev–Trinajstić information content (AvgIpc) is 2.79. The Hall–Kier alpha value is -3.80. The predicted molar refractivity (Wildman–Crippen MR) is 144 cm³/mol. The van der Waals surface area contributed by atoms with Crippen LogP contribution in [0.2, 0.25) is 0 Å². The molecule has 0 saturated heterocycles. The van der Waals surface area contributed by atoms with E-state index in [0.717, 1.165) is 60.4 Å². The summed E-state index contributed by atoms with van der Waals surface area (Å²) in [6, 6.07) is 18.1. The van der Waals surface area contributed by atoms with Gasteiger partial charge in [0.25, 0.3) is 0 Å². The topological polar surface area (TPSA) is 38.7 Å². The molecule has 0 radical (unpaired) electrons. The molecule has 0 fully saturated rings. The fraction of sp³-hybridized carbons (Fsp3) is 0.258. The molecular weight excluding hydrogens is 471 g/mol. The van der Waals surface area contributed by atoms with Crippen LogP contribution in [-0.2, 0) is 6.42 Å². The van der Waals surface area contributed by atoms with E-state index in [9.17, 15) is 13.2 Å². The van der Waals surface area contributed by atoms with Gasteiger partial charge in [-0.25, -0.2) is 9.97 Å². The molecule has 3 aromatic heterocycles. The number of rotatable bonds is 3. The fourth-order valence-electron chi connectivity index (χ4n) is 5.48. The van der Waals surface area contributed by atoms with Crippen molar-refractivity contribution in [3.63, 3.8) is 0 Å². The van der Waals surface area contributed by atoms with E-state index in [1.54, 1.807) is 0 Å². The molecule has 0 aliphatic rings.